The van der Waals surface area contributed by atoms with Crippen LogP contribution in [0.15, 0.2) is 62.8 Å². The van der Waals surface area contributed by atoms with E-state index in [1.54, 1.807) is 6.21 Å². The van der Waals surface area contributed by atoms with Gasteiger partial charge in [0.25, 0.3) is 5.56 Å². The molecular formula is C19H18BrN3O2. The number of ether oxygens (including phenoxy) is 1. The van der Waals surface area contributed by atoms with Crippen molar-refractivity contribution in [3.05, 3.63) is 74.6 Å². The van der Waals surface area contributed by atoms with Gasteiger partial charge in [-0.1, -0.05) is 15.9 Å². The zero-order valence-corrected chi connectivity index (χ0v) is 15.6. The van der Waals surface area contributed by atoms with Crippen molar-refractivity contribution in [3.8, 4) is 11.4 Å². The molecular weight excluding hydrogens is 382 g/mol. The Morgan fingerprint density at radius 1 is 1.16 bits per heavy atom. The van der Waals surface area contributed by atoms with Crippen molar-refractivity contribution in [3.63, 3.8) is 0 Å². The van der Waals surface area contributed by atoms with Gasteiger partial charge in [-0.05, 0) is 62.4 Å². The molecule has 3 aromatic rings. The minimum atomic E-state index is -0.130. The van der Waals surface area contributed by atoms with E-state index < -0.39 is 0 Å². The van der Waals surface area contributed by atoms with Gasteiger partial charge in [0, 0.05) is 16.4 Å². The van der Waals surface area contributed by atoms with Crippen molar-refractivity contribution in [2.24, 2.45) is 4.99 Å². The Hall–Kier alpha value is -2.60. The van der Waals surface area contributed by atoms with E-state index in [-0.39, 0.29) is 5.56 Å². The number of hydrogen-bond donors (Lipinski definition) is 1. The highest BCUT2D eigenvalue weighted by molar-refractivity contribution is 9.10. The Kier molecular flexibility index (Phi) is 5.19. The Morgan fingerprint density at radius 2 is 1.84 bits per heavy atom. The number of nitrogens with one attached hydrogen (secondary N) is 1. The topological polar surface area (TPSA) is 59.4 Å². The minimum Gasteiger partial charge on any atom is -0.494 e. The maximum atomic E-state index is 12.6. The fourth-order valence-electron chi connectivity index (χ4n) is 2.42. The lowest BCUT2D eigenvalue weighted by molar-refractivity contribution is 0.340. The summed E-state index contributed by atoms with van der Waals surface area (Å²) in [6, 6.07) is 15.0. The molecule has 0 spiro atoms. The molecule has 0 saturated heterocycles. The van der Waals surface area contributed by atoms with Crippen LogP contribution in [-0.4, -0.2) is 22.6 Å². The van der Waals surface area contributed by atoms with Crippen LogP contribution in [-0.2, 0) is 0 Å². The molecule has 5 nitrogen and oxygen atoms in total. The molecule has 2 aromatic carbocycles. The Morgan fingerprint density at radius 3 is 2.48 bits per heavy atom. The first-order chi connectivity index (χ1) is 12.1. The lowest BCUT2D eigenvalue weighted by atomic mass is 10.2. The van der Waals surface area contributed by atoms with Gasteiger partial charge >= 0.3 is 0 Å². The van der Waals surface area contributed by atoms with E-state index in [0.29, 0.717) is 12.2 Å². The minimum absolute atomic E-state index is 0.130. The van der Waals surface area contributed by atoms with E-state index in [4.69, 9.17) is 4.74 Å². The molecule has 25 heavy (non-hydrogen) atoms. The molecule has 0 aliphatic rings. The van der Waals surface area contributed by atoms with Gasteiger partial charge in [-0.2, -0.15) is 0 Å². The van der Waals surface area contributed by atoms with Gasteiger partial charge in [-0.3, -0.25) is 14.9 Å². The normalized spacial score (nSPS) is 11.2. The lowest BCUT2D eigenvalue weighted by Crippen LogP contribution is -2.17. The molecule has 0 bridgehead atoms. The number of nitrogens with zero attached hydrogens (tertiary/aromatic N) is 2. The number of halogens is 1. The van der Waals surface area contributed by atoms with Gasteiger partial charge in [-0.25, -0.2) is 4.68 Å². The summed E-state index contributed by atoms with van der Waals surface area (Å²) < 4.78 is 7.89. The Balaban J connectivity index is 1.88. The number of aromatic amines is 1. The van der Waals surface area contributed by atoms with Crippen LogP contribution in [0.3, 0.4) is 0 Å². The van der Waals surface area contributed by atoms with Crippen LogP contribution >= 0.6 is 15.9 Å². The Bertz CT molecular complexity index is 938. The summed E-state index contributed by atoms with van der Waals surface area (Å²) in [6.45, 7) is 4.42. The highest BCUT2D eigenvalue weighted by atomic mass is 79.9. The highest BCUT2D eigenvalue weighted by Crippen LogP contribution is 2.18. The fraction of sp³-hybridized carbons (Fsp3) is 0.158. The lowest BCUT2D eigenvalue weighted by Gasteiger charge is -2.01. The van der Waals surface area contributed by atoms with E-state index >= 15 is 0 Å². The maximum absolute atomic E-state index is 12.6. The van der Waals surface area contributed by atoms with Gasteiger partial charge < -0.3 is 4.74 Å². The van der Waals surface area contributed by atoms with Crippen LogP contribution in [0.25, 0.3) is 5.69 Å². The first-order valence-corrected chi connectivity index (χ1v) is 8.72. The first-order valence-electron chi connectivity index (χ1n) is 7.93. The van der Waals surface area contributed by atoms with Crippen LogP contribution in [0.2, 0.25) is 0 Å². The quantitative estimate of drug-likeness (QED) is 0.646. The van der Waals surface area contributed by atoms with Crippen molar-refractivity contribution < 1.29 is 4.74 Å². The van der Waals surface area contributed by atoms with Crippen molar-refractivity contribution in [2.45, 2.75) is 13.8 Å². The third-order valence-corrected chi connectivity index (χ3v) is 4.22. The summed E-state index contributed by atoms with van der Waals surface area (Å²) in [5.41, 5.74) is 2.71. The summed E-state index contributed by atoms with van der Waals surface area (Å²) >= 11 is 3.39. The average molecular weight is 400 g/mol. The molecule has 0 saturated carbocycles. The van der Waals surface area contributed by atoms with E-state index in [9.17, 15) is 4.79 Å². The SMILES string of the molecule is CCOc1ccc(N=Cc2c(C)[nH]n(-c3ccc(Br)cc3)c2=O)cc1. The Labute approximate surface area is 154 Å². The molecule has 0 fully saturated rings. The van der Waals surface area contributed by atoms with E-state index in [1.807, 2.05) is 62.4 Å². The van der Waals surface area contributed by atoms with Crippen LogP contribution in [0.1, 0.15) is 18.2 Å². The van der Waals surface area contributed by atoms with Gasteiger partial charge in [0.05, 0.1) is 23.5 Å². The summed E-state index contributed by atoms with van der Waals surface area (Å²) in [5.74, 6) is 0.803. The second-order valence-electron chi connectivity index (χ2n) is 5.45. The van der Waals surface area contributed by atoms with Crippen molar-refractivity contribution in [1.82, 2.24) is 9.78 Å². The van der Waals surface area contributed by atoms with Crippen LogP contribution in [0, 0.1) is 6.92 Å². The summed E-state index contributed by atoms with van der Waals surface area (Å²) in [6.07, 6.45) is 1.60. The number of aromatic nitrogens is 2. The molecule has 1 N–H and O–H groups in total. The molecule has 0 amide bonds. The molecule has 0 aliphatic carbocycles. The van der Waals surface area contributed by atoms with E-state index in [2.05, 4.69) is 26.0 Å². The zero-order chi connectivity index (χ0) is 17.8. The number of aryl methyl sites for hydroxylation is 1. The number of aliphatic imine (C=N–C) groups is 1. The van der Waals surface area contributed by atoms with Gasteiger partial charge in [0.2, 0.25) is 0 Å². The summed E-state index contributed by atoms with van der Waals surface area (Å²) in [5, 5.41) is 3.09. The van der Waals surface area contributed by atoms with E-state index in [0.717, 1.165) is 27.3 Å². The largest absolute Gasteiger partial charge is 0.494 e. The smallest absolute Gasteiger partial charge is 0.280 e. The monoisotopic (exact) mass is 399 g/mol. The third kappa shape index (κ3) is 3.91. The van der Waals surface area contributed by atoms with Gasteiger partial charge in [-0.15, -0.1) is 0 Å². The predicted octanol–water partition coefficient (Wildman–Crippen LogP) is 4.39. The molecule has 0 unspecified atom stereocenters. The first kappa shape index (κ1) is 17.2. The number of H-pyrrole nitrogens is 1. The molecule has 0 radical (unpaired) electrons. The molecule has 0 aliphatic heterocycles. The number of hydrogen-bond acceptors (Lipinski definition) is 3. The van der Waals surface area contributed by atoms with Crippen LogP contribution in [0.4, 0.5) is 5.69 Å². The van der Waals surface area contributed by atoms with Crippen molar-refractivity contribution in [2.75, 3.05) is 6.61 Å². The molecule has 6 heteroatoms. The second kappa shape index (κ2) is 7.53. The fourth-order valence-corrected chi connectivity index (χ4v) is 2.68. The molecule has 1 aromatic heterocycles. The van der Waals surface area contributed by atoms with Crippen molar-refractivity contribution >= 4 is 27.8 Å². The van der Waals surface area contributed by atoms with Gasteiger partial charge in [0.15, 0.2) is 0 Å². The maximum Gasteiger partial charge on any atom is 0.280 e. The number of rotatable bonds is 5. The second-order valence-corrected chi connectivity index (χ2v) is 6.37. The summed E-state index contributed by atoms with van der Waals surface area (Å²) in [4.78, 5) is 17.0. The van der Waals surface area contributed by atoms with Crippen molar-refractivity contribution in [1.29, 1.82) is 0 Å². The average Bonchev–Trinajstić information content (AvgIpc) is 2.90. The zero-order valence-electron chi connectivity index (χ0n) is 14.0. The molecule has 0 atom stereocenters. The standard InChI is InChI=1S/C19H18BrN3O2/c1-3-25-17-10-6-15(7-11-17)21-12-18-13(2)22-23(19(18)24)16-8-4-14(20)5-9-16/h4-12,22H,3H2,1-2H3. The van der Waals surface area contributed by atoms with E-state index in [1.165, 1.54) is 4.68 Å². The number of benzene rings is 2. The molecule has 3 rings (SSSR count). The molecule has 1 heterocycles. The van der Waals surface area contributed by atoms with Gasteiger partial charge in [0.1, 0.15) is 5.75 Å². The molecule has 128 valence electrons. The third-order valence-electron chi connectivity index (χ3n) is 3.69. The predicted molar refractivity (Wildman–Crippen MR) is 104 cm³/mol. The van der Waals surface area contributed by atoms with Crippen LogP contribution < -0.4 is 10.3 Å². The van der Waals surface area contributed by atoms with Crippen LogP contribution in [0.5, 0.6) is 5.75 Å². The highest BCUT2D eigenvalue weighted by Gasteiger charge is 2.10. The summed E-state index contributed by atoms with van der Waals surface area (Å²) in [7, 11) is 0.